The molecular weight excluding hydrogens is 268 g/mol. The first kappa shape index (κ1) is 16.2. The zero-order chi connectivity index (χ0) is 14.2. The second-order valence-corrected chi connectivity index (χ2v) is 7.51. The van der Waals surface area contributed by atoms with E-state index in [1.165, 1.54) is 50.7 Å². The zero-order valence-corrected chi connectivity index (χ0v) is 13.6. The van der Waals surface area contributed by atoms with Crippen molar-refractivity contribution in [3.8, 4) is 0 Å². The van der Waals surface area contributed by atoms with Gasteiger partial charge in [-0.2, -0.15) is 11.8 Å². The summed E-state index contributed by atoms with van der Waals surface area (Å²) in [4.78, 5) is 12.1. The SMILES string of the molecule is CCCCC1CCC(NC(=O)CC2CSCCN2)CC1. The average molecular weight is 298 g/mol. The molecule has 0 aromatic heterocycles. The molecule has 0 radical (unpaired) electrons. The van der Waals surface area contributed by atoms with Gasteiger partial charge in [0, 0.05) is 36.6 Å². The van der Waals surface area contributed by atoms with E-state index in [4.69, 9.17) is 0 Å². The van der Waals surface area contributed by atoms with E-state index in [1.54, 1.807) is 0 Å². The van der Waals surface area contributed by atoms with Crippen molar-refractivity contribution < 1.29 is 4.79 Å². The summed E-state index contributed by atoms with van der Waals surface area (Å²) in [5.41, 5.74) is 0. The van der Waals surface area contributed by atoms with Gasteiger partial charge < -0.3 is 10.6 Å². The molecule has 0 spiro atoms. The maximum absolute atomic E-state index is 12.1. The topological polar surface area (TPSA) is 41.1 Å². The number of amides is 1. The minimum Gasteiger partial charge on any atom is -0.353 e. The molecule has 1 heterocycles. The summed E-state index contributed by atoms with van der Waals surface area (Å²) >= 11 is 1.96. The van der Waals surface area contributed by atoms with Crippen LogP contribution in [0.1, 0.15) is 58.3 Å². The molecule has 1 saturated heterocycles. The van der Waals surface area contributed by atoms with E-state index >= 15 is 0 Å². The molecule has 1 atom stereocenters. The number of hydrogen-bond donors (Lipinski definition) is 2. The summed E-state index contributed by atoms with van der Waals surface area (Å²) < 4.78 is 0. The Morgan fingerprint density at radius 1 is 1.30 bits per heavy atom. The highest BCUT2D eigenvalue weighted by atomic mass is 32.2. The Hall–Kier alpha value is -0.220. The highest BCUT2D eigenvalue weighted by Gasteiger charge is 2.23. The fraction of sp³-hybridized carbons (Fsp3) is 0.938. The van der Waals surface area contributed by atoms with Crippen LogP contribution in [0.4, 0.5) is 0 Å². The molecular formula is C16H30N2OS. The number of carbonyl (C=O) groups excluding carboxylic acids is 1. The van der Waals surface area contributed by atoms with Crippen molar-refractivity contribution >= 4 is 17.7 Å². The second-order valence-electron chi connectivity index (χ2n) is 6.36. The van der Waals surface area contributed by atoms with E-state index in [2.05, 4.69) is 17.6 Å². The molecule has 2 rings (SSSR count). The van der Waals surface area contributed by atoms with Crippen LogP contribution in [0.15, 0.2) is 0 Å². The second kappa shape index (κ2) is 8.93. The minimum atomic E-state index is 0.252. The van der Waals surface area contributed by atoms with Crippen LogP contribution in [-0.4, -0.2) is 36.0 Å². The van der Waals surface area contributed by atoms with Gasteiger partial charge in [-0.1, -0.05) is 26.2 Å². The van der Waals surface area contributed by atoms with Crippen molar-refractivity contribution in [2.45, 2.75) is 70.4 Å². The van der Waals surface area contributed by atoms with Gasteiger partial charge in [-0.15, -0.1) is 0 Å². The summed E-state index contributed by atoms with van der Waals surface area (Å²) in [5, 5.41) is 6.69. The van der Waals surface area contributed by atoms with Crippen molar-refractivity contribution in [3.63, 3.8) is 0 Å². The Kier molecular flexibility index (Phi) is 7.22. The molecule has 20 heavy (non-hydrogen) atoms. The molecule has 1 saturated carbocycles. The van der Waals surface area contributed by atoms with Gasteiger partial charge in [0.05, 0.1) is 0 Å². The van der Waals surface area contributed by atoms with Crippen LogP contribution in [0.25, 0.3) is 0 Å². The Morgan fingerprint density at radius 3 is 2.75 bits per heavy atom. The molecule has 116 valence electrons. The summed E-state index contributed by atoms with van der Waals surface area (Å²) in [7, 11) is 0. The fourth-order valence-corrected chi connectivity index (χ4v) is 4.30. The number of nitrogens with one attached hydrogen (secondary N) is 2. The number of unbranched alkanes of at least 4 members (excludes halogenated alkanes) is 1. The largest absolute Gasteiger partial charge is 0.353 e. The van der Waals surface area contributed by atoms with E-state index in [0.717, 1.165) is 18.2 Å². The first-order valence-corrected chi connectivity index (χ1v) is 9.54. The Morgan fingerprint density at radius 2 is 2.10 bits per heavy atom. The molecule has 1 aliphatic heterocycles. The smallest absolute Gasteiger partial charge is 0.221 e. The maximum atomic E-state index is 12.1. The normalized spacial score (nSPS) is 30.9. The Labute approximate surface area is 128 Å². The van der Waals surface area contributed by atoms with Gasteiger partial charge in [0.1, 0.15) is 0 Å². The van der Waals surface area contributed by atoms with Crippen molar-refractivity contribution in [2.24, 2.45) is 5.92 Å². The third kappa shape index (κ3) is 5.65. The van der Waals surface area contributed by atoms with Crippen LogP contribution in [0.2, 0.25) is 0 Å². The summed E-state index contributed by atoms with van der Waals surface area (Å²) in [6.45, 7) is 3.31. The van der Waals surface area contributed by atoms with Crippen molar-refractivity contribution in [2.75, 3.05) is 18.1 Å². The number of carbonyl (C=O) groups is 1. The van der Waals surface area contributed by atoms with E-state index in [-0.39, 0.29) is 5.91 Å². The van der Waals surface area contributed by atoms with Gasteiger partial charge in [0.25, 0.3) is 0 Å². The molecule has 4 heteroatoms. The van der Waals surface area contributed by atoms with Crippen molar-refractivity contribution in [3.05, 3.63) is 0 Å². The van der Waals surface area contributed by atoms with E-state index in [9.17, 15) is 4.79 Å². The first-order chi connectivity index (χ1) is 9.78. The van der Waals surface area contributed by atoms with E-state index in [1.807, 2.05) is 11.8 Å². The molecule has 1 aliphatic carbocycles. The lowest BCUT2D eigenvalue weighted by atomic mass is 9.83. The molecule has 0 bridgehead atoms. The molecule has 1 unspecified atom stereocenters. The number of hydrogen-bond acceptors (Lipinski definition) is 3. The van der Waals surface area contributed by atoms with Gasteiger partial charge in [-0.05, 0) is 31.6 Å². The van der Waals surface area contributed by atoms with Gasteiger partial charge in [-0.25, -0.2) is 0 Å². The van der Waals surface area contributed by atoms with Gasteiger partial charge in [0.15, 0.2) is 0 Å². The summed E-state index contributed by atoms with van der Waals surface area (Å²) in [6.07, 6.45) is 9.71. The van der Waals surface area contributed by atoms with E-state index in [0.29, 0.717) is 18.5 Å². The minimum absolute atomic E-state index is 0.252. The monoisotopic (exact) mass is 298 g/mol. The van der Waals surface area contributed by atoms with Crippen LogP contribution in [0.5, 0.6) is 0 Å². The van der Waals surface area contributed by atoms with Crippen LogP contribution in [0.3, 0.4) is 0 Å². The Balaban J connectivity index is 1.60. The quantitative estimate of drug-likeness (QED) is 0.792. The van der Waals surface area contributed by atoms with Crippen LogP contribution in [0, 0.1) is 5.92 Å². The molecule has 2 fully saturated rings. The van der Waals surface area contributed by atoms with Crippen molar-refractivity contribution in [1.29, 1.82) is 0 Å². The zero-order valence-electron chi connectivity index (χ0n) is 12.8. The fourth-order valence-electron chi connectivity index (χ4n) is 3.35. The average Bonchev–Trinajstić information content (AvgIpc) is 2.47. The molecule has 0 aromatic rings. The van der Waals surface area contributed by atoms with Crippen LogP contribution in [-0.2, 0) is 4.79 Å². The standard InChI is InChI=1S/C16H30N2OS/c1-2-3-4-13-5-7-14(8-6-13)18-16(19)11-15-12-20-10-9-17-15/h13-15,17H,2-12H2,1H3,(H,18,19). The third-order valence-corrected chi connectivity index (χ3v) is 5.74. The third-order valence-electron chi connectivity index (χ3n) is 4.61. The van der Waals surface area contributed by atoms with Crippen LogP contribution >= 0.6 is 11.8 Å². The predicted octanol–water partition coefficient (Wildman–Crippen LogP) is 2.95. The lowest BCUT2D eigenvalue weighted by Gasteiger charge is -2.30. The van der Waals surface area contributed by atoms with Crippen molar-refractivity contribution in [1.82, 2.24) is 10.6 Å². The van der Waals surface area contributed by atoms with Crippen LogP contribution < -0.4 is 10.6 Å². The molecule has 1 amide bonds. The predicted molar refractivity (Wildman–Crippen MR) is 87.1 cm³/mol. The highest BCUT2D eigenvalue weighted by Crippen LogP contribution is 2.28. The van der Waals surface area contributed by atoms with Gasteiger partial charge in [0.2, 0.25) is 5.91 Å². The first-order valence-electron chi connectivity index (χ1n) is 8.38. The molecule has 2 N–H and O–H groups in total. The molecule has 2 aliphatic rings. The Bertz CT molecular complexity index is 284. The van der Waals surface area contributed by atoms with Gasteiger partial charge >= 0.3 is 0 Å². The lowest BCUT2D eigenvalue weighted by Crippen LogP contribution is -2.44. The van der Waals surface area contributed by atoms with Gasteiger partial charge in [-0.3, -0.25) is 4.79 Å². The molecule has 3 nitrogen and oxygen atoms in total. The lowest BCUT2D eigenvalue weighted by molar-refractivity contribution is -0.122. The highest BCUT2D eigenvalue weighted by molar-refractivity contribution is 7.99. The number of rotatable bonds is 6. The summed E-state index contributed by atoms with van der Waals surface area (Å²) in [5.74, 6) is 3.43. The molecule has 0 aromatic carbocycles. The van der Waals surface area contributed by atoms with E-state index < -0.39 is 0 Å². The maximum Gasteiger partial charge on any atom is 0.221 e. The number of thioether (sulfide) groups is 1. The summed E-state index contributed by atoms with van der Waals surface area (Å²) in [6, 6.07) is 0.825.